The smallest absolute Gasteiger partial charge is 0.170 e. The number of fused-ring (bicyclic) bond motifs is 2. The van der Waals surface area contributed by atoms with Crippen LogP contribution in [0.25, 0.3) is 22.0 Å². The van der Waals surface area contributed by atoms with Crippen molar-refractivity contribution in [3.63, 3.8) is 0 Å². The van der Waals surface area contributed by atoms with Crippen molar-refractivity contribution in [2.75, 3.05) is 19.6 Å². The van der Waals surface area contributed by atoms with Gasteiger partial charge in [0.15, 0.2) is 5.58 Å². The van der Waals surface area contributed by atoms with Crippen LogP contribution in [-0.2, 0) is 6.54 Å². The van der Waals surface area contributed by atoms with Crippen LogP contribution < -0.4 is 0 Å². The molecule has 0 radical (unpaired) electrons. The van der Waals surface area contributed by atoms with Crippen LogP contribution in [0.1, 0.15) is 37.3 Å². The molecule has 1 aliphatic rings. The molecule has 0 bridgehead atoms. The first-order chi connectivity index (χ1) is 14.3. The van der Waals surface area contributed by atoms with E-state index in [-0.39, 0.29) is 18.2 Å². The van der Waals surface area contributed by atoms with Gasteiger partial charge in [-0.15, -0.1) is 12.4 Å². The Balaban J connectivity index is 0.00000218. The zero-order valence-corrected chi connectivity index (χ0v) is 17.7. The molecule has 3 heterocycles. The van der Waals surface area contributed by atoms with Crippen LogP contribution in [0.2, 0.25) is 0 Å². The van der Waals surface area contributed by atoms with Gasteiger partial charge in [-0.1, -0.05) is 17.3 Å². The SMILES string of the molecule is Cl.Fc1ccc2c(C3CCN(CCCCn4cnc5ccccc54)CC3)noc2c1. The molecule has 0 amide bonds. The van der Waals surface area contributed by atoms with Gasteiger partial charge in [0.1, 0.15) is 5.82 Å². The Labute approximate surface area is 181 Å². The van der Waals surface area contributed by atoms with Gasteiger partial charge in [0, 0.05) is 23.9 Å². The molecule has 2 aromatic carbocycles. The highest BCUT2D eigenvalue weighted by Crippen LogP contribution is 2.32. The van der Waals surface area contributed by atoms with Gasteiger partial charge in [-0.3, -0.25) is 0 Å². The van der Waals surface area contributed by atoms with Crippen LogP contribution in [0, 0.1) is 5.82 Å². The molecule has 1 saturated heterocycles. The van der Waals surface area contributed by atoms with Gasteiger partial charge in [0.2, 0.25) is 0 Å². The molecule has 5 nitrogen and oxygen atoms in total. The van der Waals surface area contributed by atoms with E-state index in [9.17, 15) is 4.39 Å². The second kappa shape index (κ2) is 9.14. The van der Waals surface area contributed by atoms with Crippen molar-refractivity contribution < 1.29 is 8.91 Å². The molecule has 0 unspecified atom stereocenters. The molecule has 0 aliphatic carbocycles. The second-order valence-electron chi connectivity index (χ2n) is 7.96. The summed E-state index contributed by atoms with van der Waals surface area (Å²) in [6, 6.07) is 13.0. The van der Waals surface area contributed by atoms with Gasteiger partial charge >= 0.3 is 0 Å². The minimum absolute atomic E-state index is 0. The summed E-state index contributed by atoms with van der Waals surface area (Å²) < 4.78 is 20.9. The fraction of sp³-hybridized carbons (Fsp3) is 0.391. The van der Waals surface area contributed by atoms with Crippen LogP contribution >= 0.6 is 12.4 Å². The van der Waals surface area contributed by atoms with E-state index in [1.165, 1.54) is 24.1 Å². The lowest BCUT2D eigenvalue weighted by atomic mass is 9.91. The van der Waals surface area contributed by atoms with E-state index >= 15 is 0 Å². The number of unbranched alkanes of at least 4 members (excludes halogenated alkanes) is 1. The molecular weight excluding hydrogens is 403 g/mol. The third kappa shape index (κ3) is 4.20. The molecule has 2 aromatic heterocycles. The molecule has 0 N–H and O–H groups in total. The Morgan fingerprint density at radius 2 is 1.83 bits per heavy atom. The summed E-state index contributed by atoms with van der Waals surface area (Å²) in [7, 11) is 0. The zero-order chi connectivity index (χ0) is 19.6. The maximum absolute atomic E-state index is 13.4. The Bertz CT molecular complexity index is 1120. The molecule has 0 atom stereocenters. The van der Waals surface area contributed by atoms with E-state index < -0.39 is 0 Å². The van der Waals surface area contributed by atoms with E-state index in [1.54, 1.807) is 6.07 Å². The summed E-state index contributed by atoms with van der Waals surface area (Å²) in [5, 5.41) is 5.20. The molecule has 4 aromatic rings. The second-order valence-corrected chi connectivity index (χ2v) is 7.96. The highest BCUT2D eigenvalue weighted by atomic mass is 35.5. The summed E-state index contributed by atoms with van der Waals surface area (Å²) in [6.07, 6.45) is 6.43. The maximum Gasteiger partial charge on any atom is 0.170 e. The highest BCUT2D eigenvalue weighted by Gasteiger charge is 2.24. The number of imidazole rings is 1. The number of aryl methyl sites for hydroxylation is 1. The zero-order valence-electron chi connectivity index (χ0n) is 16.8. The third-order valence-electron chi connectivity index (χ3n) is 6.09. The molecule has 1 aliphatic heterocycles. The molecule has 7 heteroatoms. The van der Waals surface area contributed by atoms with Crippen LogP contribution in [0.4, 0.5) is 4.39 Å². The number of hydrogen-bond acceptors (Lipinski definition) is 4. The van der Waals surface area contributed by atoms with Gasteiger partial charge in [-0.25, -0.2) is 9.37 Å². The predicted molar refractivity (Wildman–Crippen MR) is 119 cm³/mol. The number of aromatic nitrogens is 3. The number of nitrogens with zero attached hydrogens (tertiary/aromatic N) is 4. The normalized spacial score (nSPS) is 15.6. The van der Waals surface area contributed by atoms with E-state index in [0.717, 1.165) is 62.0 Å². The highest BCUT2D eigenvalue weighted by molar-refractivity contribution is 5.85. The number of hydrogen-bond donors (Lipinski definition) is 0. The minimum atomic E-state index is -0.279. The number of rotatable bonds is 6. The largest absolute Gasteiger partial charge is 0.356 e. The first-order valence-corrected chi connectivity index (χ1v) is 10.4. The molecule has 1 fully saturated rings. The van der Waals surface area contributed by atoms with E-state index in [2.05, 4.69) is 37.8 Å². The van der Waals surface area contributed by atoms with Crippen molar-refractivity contribution in [3.05, 3.63) is 60.3 Å². The number of piperidine rings is 1. The van der Waals surface area contributed by atoms with E-state index in [0.29, 0.717) is 11.5 Å². The van der Waals surface area contributed by atoms with Crippen molar-refractivity contribution in [1.82, 2.24) is 19.6 Å². The molecule has 5 rings (SSSR count). The summed E-state index contributed by atoms with van der Waals surface area (Å²) >= 11 is 0. The van der Waals surface area contributed by atoms with Gasteiger partial charge in [-0.05, 0) is 69.6 Å². The van der Waals surface area contributed by atoms with Gasteiger partial charge in [0.05, 0.1) is 23.1 Å². The summed E-state index contributed by atoms with van der Waals surface area (Å²) in [6.45, 7) is 4.30. The number of para-hydroxylation sites is 2. The lowest BCUT2D eigenvalue weighted by Crippen LogP contribution is -2.33. The standard InChI is InChI=1S/C23H25FN4O.ClH/c24-18-7-8-19-22(15-18)29-26-23(19)17-9-13-27(14-10-17)11-3-4-12-28-16-25-20-5-1-2-6-21(20)28;/h1-2,5-8,15-17H,3-4,9-14H2;1H. The molecular formula is C23H26ClFN4O. The van der Waals surface area contributed by atoms with Gasteiger partial charge in [-0.2, -0.15) is 0 Å². The number of halogens is 2. The first-order valence-electron chi connectivity index (χ1n) is 10.4. The number of benzene rings is 2. The Morgan fingerprint density at radius 3 is 2.70 bits per heavy atom. The number of likely N-dealkylation sites (tertiary alicyclic amines) is 1. The van der Waals surface area contributed by atoms with Crippen LogP contribution in [0.5, 0.6) is 0 Å². The minimum Gasteiger partial charge on any atom is -0.356 e. The van der Waals surface area contributed by atoms with Crippen molar-refractivity contribution in [1.29, 1.82) is 0 Å². The Kier molecular flexibility index (Phi) is 6.35. The molecule has 158 valence electrons. The predicted octanol–water partition coefficient (Wildman–Crippen LogP) is 5.40. The first kappa shape index (κ1) is 20.8. The topological polar surface area (TPSA) is 47.1 Å². The summed E-state index contributed by atoms with van der Waals surface area (Å²) in [4.78, 5) is 7.01. The Hall–Kier alpha value is -2.44. The van der Waals surface area contributed by atoms with Gasteiger partial charge in [0.25, 0.3) is 0 Å². The molecule has 0 saturated carbocycles. The van der Waals surface area contributed by atoms with Crippen LogP contribution in [-0.4, -0.2) is 39.2 Å². The molecule has 30 heavy (non-hydrogen) atoms. The van der Waals surface area contributed by atoms with Gasteiger partial charge < -0.3 is 14.0 Å². The third-order valence-corrected chi connectivity index (χ3v) is 6.09. The van der Waals surface area contributed by atoms with Crippen molar-refractivity contribution in [2.24, 2.45) is 0 Å². The van der Waals surface area contributed by atoms with E-state index in [1.807, 2.05) is 12.4 Å². The fourth-order valence-electron chi connectivity index (χ4n) is 4.46. The monoisotopic (exact) mass is 428 g/mol. The maximum atomic E-state index is 13.4. The van der Waals surface area contributed by atoms with Crippen LogP contribution in [0.15, 0.2) is 53.3 Å². The van der Waals surface area contributed by atoms with E-state index in [4.69, 9.17) is 4.52 Å². The van der Waals surface area contributed by atoms with Crippen molar-refractivity contribution in [2.45, 2.75) is 38.1 Å². The fourth-order valence-corrected chi connectivity index (χ4v) is 4.46. The average Bonchev–Trinajstić information content (AvgIpc) is 3.35. The average molecular weight is 429 g/mol. The van der Waals surface area contributed by atoms with Crippen molar-refractivity contribution in [3.8, 4) is 0 Å². The summed E-state index contributed by atoms with van der Waals surface area (Å²) in [5.74, 6) is 0.119. The quantitative estimate of drug-likeness (QED) is 0.386. The lowest BCUT2D eigenvalue weighted by molar-refractivity contribution is 0.205. The Morgan fingerprint density at radius 1 is 1.03 bits per heavy atom. The summed E-state index contributed by atoms with van der Waals surface area (Å²) in [5.41, 5.74) is 3.83. The van der Waals surface area contributed by atoms with Crippen LogP contribution in [0.3, 0.4) is 0 Å². The lowest BCUT2D eigenvalue weighted by Gasteiger charge is -2.31. The van der Waals surface area contributed by atoms with Crippen molar-refractivity contribution >= 4 is 34.4 Å². The molecule has 0 spiro atoms.